The van der Waals surface area contributed by atoms with Gasteiger partial charge in [0.05, 0.1) is 18.3 Å². The third-order valence-corrected chi connectivity index (χ3v) is 2.55. The normalized spacial score (nSPS) is 12.8. The third kappa shape index (κ3) is 3.52. The van der Waals surface area contributed by atoms with Crippen LogP contribution in [0.15, 0.2) is 6.20 Å². The molecule has 0 radical (unpaired) electrons. The molecule has 1 aromatic heterocycles. The molecule has 0 saturated carbocycles. The number of ether oxygens (including phenoxy) is 1. The Morgan fingerprint density at radius 3 is 2.94 bits per heavy atom. The lowest BCUT2D eigenvalue weighted by molar-refractivity contribution is 0.163. The van der Waals surface area contributed by atoms with E-state index in [-0.39, 0.29) is 0 Å². The molecule has 0 fully saturated rings. The standard InChI is InChI=1S/C12H23N3O/c1-5-6-7-13-12-14-10(2)8-15(12)11(3)9-16-4/h8,11H,5-7,9H2,1-4H3,(H,13,14). The highest BCUT2D eigenvalue weighted by Gasteiger charge is 2.10. The zero-order chi connectivity index (χ0) is 12.0. The van der Waals surface area contributed by atoms with Crippen molar-refractivity contribution in [3.63, 3.8) is 0 Å². The van der Waals surface area contributed by atoms with Crippen molar-refractivity contribution in [2.45, 2.75) is 39.7 Å². The van der Waals surface area contributed by atoms with Gasteiger partial charge in [-0.2, -0.15) is 0 Å². The molecule has 0 aromatic carbocycles. The first kappa shape index (κ1) is 13.0. The maximum Gasteiger partial charge on any atom is 0.203 e. The quantitative estimate of drug-likeness (QED) is 0.725. The number of aryl methyl sites for hydroxylation is 1. The molecule has 0 aliphatic rings. The number of imidazole rings is 1. The van der Waals surface area contributed by atoms with Crippen LogP contribution in [0.4, 0.5) is 5.95 Å². The van der Waals surface area contributed by atoms with Gasteiger partial charge in [0.1, 0.15) is 0 Å². The molecule has 92 valence electrons. The Kier molecular flexibility index (Phi) is 5.32. The van der Waals surface area contributed by atoms with Crippen molar-refractivity contribution in [2.24, 2.45) is 0 Å². The maximum atomic E-state index is 5.17. The van der Waals surface area contributed by atoms with Crippen LogP contribution in [0.1, 0.15) is 38.4 Å². The van der Waals surface area contributed by atoms with E-state index in [2.05, 4.69) is 34.9 Å². The van der Waals surface area contributed by atoms with E-state index < -0.39 is 0 Å². The minimum atomic E-state index is 0.315. The number of hydrogen-bond donors (Lipinski definition) is 1. The van der Waals surface area contributed by atoms with E-state index in [1.54, 1.807) is 7.11 Å². The Bertz CT molecular complexity index is 309. The maximum absolute atomic E-state index is 5.17. The van der Waals surface area contributed by atoms with E-state index in [4.69, 9.17) is 4.74 Å². The topological polar surface area (TPSA) is 39.1 Å². The average molecular weight is 225 g/mol. The fourth-order valence-electron chi connectivity index (χ4n) is 1.68. The molecule has 4 nitrogen and oxygen atoms in total. The molecule has 1 heterocycles. The van der Waals surface area contributed by atoms with Crippen molar-refractivity contribution in [3.05, 3.63) is 11.9 Å². The van der Waals surface area contributed by atoms with E-state index in [0.717, 1.165) is 18.2 Å². The largest absolute Gasteiger partial charge is 0.383 e. The van der Waals surface area contributed by atoms with E-state index in [0.29, 0.717) is 12.6 Å². The van der Waals surface area contributed by atoms with Crippen molar-refractivity contribution >= 4 is 5.95 Å². The van der Waals surface area contributed by atoms with Gasteiger partial charge in [-0.3, -0.25) is 0 Å². The van der Waals surface area contributed by atoms with E-state index >= 15 is 0 Å². The number of hydrogen-bond acceptors (Lipinski definition) is 3. The predicted molar refractivity (Wildman–Crippen MR) is 66.9 cm³/mol. The Balaban J connectivity index is 2.66. The molecule has 0 amide bonds. The first-order valence-electron chi connectivity index (χ1n) is 5.97. The molecule has 1 rings (SSSR count). The SMILES string of the molecule is CCCCNc1nc(C)cn1C(C)COC. The van der Waals surface area contributed by atoms with Crippen molar-refractivity contribution in [2.75, 3.05) is 25.6 Å². The zero-order valence-electron chi connectivity index (χ0n) is 10.8. The molecule has 0 saturated heterocycles. The summed E-state index contributed by atoms with van der Waals surface area (Å²) in [6.07, 6.45) is 4.43. The molecule has 1 aromatic rings. The second-order valence-electron chi connectivity index (χ2n) is 4.20. The lowest BCUT2D eigenvalue weighted by Crippen LogP contribution is -2.15. The molecule has 0 aliphatic heterocycles. The van der Waals surface area contributed by atoms with Crippen LogP contribution < -0.4 is 5.32 Å². The summed E-state index contributed by atoms with van der Waals surface area (Å²) >= 11 is 0. The first-order chi connectivity index (χ1) is 7.69. The zero-order valence-corrected chi connectivity index (χ0v) is 10.8. The Morgan fingerprint density at radius 2 is 2.31 bits per heavy atom. The minimum absolute atomic E-state index is 0.315. The van der Waals surface area contributed by atoms with Crippen molar-refractivity contribution < 1.29 is 4.74 Å². The Morgan fingerprint density at radius 1 is 1.56 bits per heavy atom. The van der Waals surface area contributed by atoms with Gasteiger partial charge in [-0.25, -0.2) is 4.98 Å². The van der Waals surface area contributed by atoms with Crippen LogP contribution >= 0.6 is 0 Å². The number of rotatable bonds is 7. The van der Waals surface area contributed by atoms with Crippen LogP contribution in [0, 0.1) is 6.92 Å². The number of nitrogens with one attached hydrogen (secondary N) is 1. The van der Waals surface area contributed by atoms with Crippen LogP contribution in [0.2, 0.25) is 0 Å². The van der Waals surface area contributed by atoms with E-state index in [1.165, 1.54) is 12.8 Å². The summed E-state index contributed by atoms with van der Waals surface area (Å²) in [6, 6.07) is 0.315. The van der Waals surface area contributed by atoms with Crippen LogP contribution in [-0.4, -0.2) is 29.8 Å². The average Bonchev–Trinajstić information content (AvgIpc) is 2.61. The number of anilines is 1. The summed E-state index contributed by atoms with van der Waals surface area (Å²) in [5.74, 6) is 0.954. The summed E-state index contributed by atoms with van der Waals surface area (Å²) in [6.45, 7) is 8.02. The smallest absolute Gasteiger partial charge is 0.203 e. The van der Waals surface area contributed by atoms with Crippen LogP contribution in [-0.2, 0) is 4.74 Å². The van der Waals surface area contributed by atoms with Gasteiger partial charge in [-0.15, -0.1) is 0 Å². The molecule has 1 unspecified atom stereocenters. The third-order valence-electron chi connectivity index (χ3n) is 2.55. The molecule has 1 N–H and O–H groups in total. The van der Waals surface area contributed by atoms with Crippen LogP contribution in [0.25, 0.3) is 0 Å². The van der Waals surface area contributed by atoms with Gasteiger partial charge in [-0.1, -0.05) is 13.3 Å². The molecule has 0 bridgehead atoms. The highest BCUT2D eigenvalue weighted by atomic mass is 16.5. The highest BCUT2D eigenvalue weighted by Crippen LogP contribution is 2.16. The highest BCUT2D eigenvalue weighted by molar-refractivity contribution is 5.29. The fourth-order valence-corrected chi connectivity index (χ4v) is 1.68. The van der Waals surface area contributed by atoms with Gasteiger partial charge in [0.25, 0.3) is 0 Å². The lowest BCUT2D eigenvalue weighted by Gasteiger charge is -2.15. The number of aromatic nitrogens is 2. The van der Waals surface area contributed by atoms with Crippen molar-refractivity contribution in [3.8, 4) is 0 Å². The van der Waals surface area contributed by atoms with Gasteiger partial charge in [0.2, 0.25) is 5.95 Å². The second-order valence-corrected chi connectivity index (χ2v) is 4.20. The van der Waals surface area contributed by atoms with Gasteiger partial charge >= 0.3 is 0 Å². The molecule has 1 atom stereocenters. The number of methoxy groups -OCH3 is 1. The monoisotopic (exact) mass is 225 g/mol. The first-order valence-corrected chi connectivity index (χ1v) is 5.97. The Hall–Kier alpha value is -1.03. The van der Waals surface area contributed by atoms with Gasteiger partial charge < -0.3 is 14.6 Å². The van der Waals surface area contributed by atoms with E-state index in [1.807, 2.05) is 6.92 Å². The molecule has 16 heavy (non-hydrogen) atoms. The number of nitrogens with zero attached hydrogens (tertiary/aromatic N) is 2. The fraction of sp³-hybridized carbons (Fsp3) is 0.750. The van der Waals surface area contributed by atoms with E-state index in [9.17, 15) is 0 Å². The summed E-state index contributed by atoms with van der Waals surface area (Å²) in [4.78, 5) is 4.48. The van der Waals surface area contributed by atoms with Crippen molar-refractivity contribution in [1.82, 2.24) is 9.55 Å². The summed E-state index contributed by atoms with van der Waals surface area (Å²) < 4.78 is 7.32. The van der Waals surface area contributed by atoms with Crippen LogP contribution in [0.5, 0.6) is 0 Å². The lowest BCUT2D eigenvalue weighted by atomic mass is 10.3. The second kappa shape index (κ2) is 6.53. The minimum Gasteiger partial charge on any atom is -0.383 e. The summed E-state index contributed by atoms with van der Waals surface area (Å²) in [5, 5.41) is 3.37. The molecule has 4 heteroatoms. The number of unbranched alkanes of at least 4 members (excludes halogenated alkanes) is 1. The predicted octanol–water partition coefficient (Wildman–Crippen LogP) is 2.61. The molecular formula is C12H23N3O. The van der Waals surface area contributed by atoms with Gasteiger partial charge in [-0.05, 0) is 20.3 Å². The molecule has 0 spiro atoms. The van der Waals surface area contributed by atoms with Crippen molar-refractivity contribution in [1.29, 1.82) is 0 Å². The van der Waals surface area contributed by atoms with Gasteiger partial charge in [0.15, 0.2) is 0 Å². The van der Waals surface area contributed by atoms with Crippen LogP contribution in [0.3, 0.4) is 0 Å². The molecule has 0 aliphatic carbocycles. The van der Waals surface area contributed by atoms with Gasteiger partial charge in [0, 0.05) is 19.9 Å². The summed E-state index contributed by atoms with van der Waals surface area (Å²) in [5.41, 5.74) is 1.04. The summed E-state index contributed by atoms with van der Waals surface area (Å²) in [7, 11) is 1.73. The molecular weight excluding hydrogens is 202 g/mol. The Labute approximate surface area is 98.0 Å².